The summed E-state index contributed by atoms with van der Waals surface area (Å²) in [6.07, 6.45) is 0. The average molecular weight is 315 g/mol. The van der Waals surface area contributed by atoms with Crippen molar-refractivity contribution in [2.24, 2.45) is 0 Å². The van der Waals surface area contributed by atoms with Crippen LogP contribution in [0.2, 0.25) is 0 Å². The summed E-state index contributed by atoms with van der Waals surface area (Å²) in [6.45, 7) is 4.05. The first-order valence-corrected chi connectivity index (χ1v) is 8.06. The molecule has 1 N–H and O–H groups in total. The third-order valence-corrected chi connectivity index (χ3v) is 4.86. The van der Waals surface area contributed by atoms with Crippen molar-refractivity contribution in [2.75, 3.05) is 6.61 Å². The number of benzene rings is 1. The molecule has 0 bridgehead atoms. The molecule has 2 heterocycles. The molecule has 0 unspecified atom stereocenters. The van der Waals surface area contributed by atoms with Crippen LogP contribution in [0.15, 0.2) is 35.7 Å². The molecule has 0 aliphatic carbocycles. The van der Waals surface area contributed by atoms with Crippen LogP contribution in [0.5, 0.6) is 5.75 Å². The van der Waals surface area contributed by atoms with Crippen molar-refractivity contribution in [3.8, 4) is 5.75 Å². The van der Waals surface area contributed by atoms with E-state index in [9.17, 15) is 9.59 Å². The maximum Gasteiger partial charge on any atom is 0.261 e. The fourth-order valence-electron chi connectivity index (χ4n) is 2.62. The highest BCUT2D eigenvalue weighted by Gasteiger charge is 2.29. The summed E-state index contributed by atoms with van der Waals surface area (Å²) in [5, 5.41) is 4.73. The smallest absolute Gasteiger partial charge is 0.261 e. The molecule has 1 amide bonds. The van der Waals surface area contributed by atoms with Crippen molar-refractivity contribution in [3.05, 3.63) is 51.7 Å². The van der Waals surface area contributed by atoms with Gasteiger partial charge in [0.1, 0.15) is 5.75 Å². The first-order valence-electron chi connectivity index (χ1n) is 7.18. The lowest BCUT2D eigenvalue weighted by molar-refractivity contribution is 0.0936. The number of amides is 1. The van der Waals surface area contributed by atoms with Gasteiger partial charge in [-0.2, -0.15) is 0 Å². The first-order chi connectivity index (χ1) is 10.6. The second-order valence-electron chi connectivity index (χ2n) is 5.47. The Morgan fingerprint density at radius 1 is 1.36 bits per heavy atom. The van der Waals surface area contributed by atoms with Gasteiger partial charge in [0.2, 0.25) is 0 Å². The van der Waals surface area contributed by atoms with Gasteiger partial charge in [-0.1, -0.05) is 18.2 Å². The Bertz CT molecular complexity index is 722. The van der Waals surface area contributed by atoms with E-state index in [1.54, 1.807) is 11.4 Å². The van der Waals surface area contributed by atoms with Gasteiger partial charge in [0.05, 0.1) is 11.5 Å². The van der Waals surface area contributed by atoms with Crippen LogP contribution in [0, 0.1) is 0 Å². The molecule has 0 radical (unpaired) electrons. The third kappa shape index (κ3) is 2.76. The summed E-state index contributed by atoms with van der Waals surface area (Å²) >= 11 is 1.29. The van der Waals surface area contributed by atoms with E-state index in [2.05, 4.69) is 5.32 Å². The summed E-state index contributed by atoms with van der Waals surface area (Å²) in [5.41, 5.74) is 1.71. The normalized spacial score (nSPS) is 17.5. The van der Waals surface area contributed by atoms with Crippen LogP contribution in [0.3, 0.4) is 0 Å². The van der Waals surface area contributed by atoms with Crippen LogP contribution in [0.25, 0.3) is 0 Å². The van der Waals surface area contributed by atoms with Crippen LogP contribution >= 0.6 is 11.3 Å². The molecule has 0 fully saturated rings. The summed E-state index contributed by atoms with van der Waals surface area (Å²) in [7, 11) is 0. The zero-order valence-electron chi connectivity index (χ0n) is 12.5. The molecule has 3 rings (SSSR count). The summed E-state index contributed by atoms with van der Waals surface area (Å²) < 4.78 is 5.66. The molecule has 5 heteroatoms. The number of Topliss-reactive ketones (excluding diaryl/α,β-unsaturated/α-hetero) is 1. The highest BCUT2D eigenvalue weighted by Crippen LogP contribution is 2.35. The minimum absolute atomic E-state index is 0.0264. The molecule has 1 aromatic heterocycles. The van der Waals surface area contributed by atoms with Gasteiger partial charge in [0.25, 0.3) is 5.91 Å². The number of thiophene rings is 1. The standard InChI is InChI=1S/C17H17NO3S/c1-10(14-8-21-15-6-4-3-5-13(14)15)18-17(20)16-7-12(9-22-16)11(2)19/h3-7,9-10,14H,8H2,1-2H3,(H,18,20)/t10-,14-/m1/s1. The number of carbonyl (C=O) groups is 2. The molecule has 1 aliphatic heterocycles. The Morgan fingerprint density at radius 2 is 2.14 bits per heavy atom. The topological polar surface area (TPSA) is 55.4 Å². The highest BCUT2D eigenvalue weighted by molar-refractivity contribution is 7.12. The van der Waals surface area contributed by atoms with Crippen molar-refractivity contribution in [2.45, 2.75) is 25.8 Å². The minimum Gasteiger partial charge on any atom is -0.493 e. The van der Waals surface area contributed by atoms with E-state index < -0.39 is 0 Å². The van der Waals surface area contributed by atoms with E-state index >= 15 is 0 Å². The van der Waals surface area contributed by atoms with E-state index in [-0.39, 0.29) is 23.7 Å². The second-order valence-corrected chi connectivity index (χ2v) is 6.38. The SMILES string of the molecule is CC(=O)c1csc(C(=O)N[C@H](C)[C@H]2COc3ccccc32)c1. The quantitative estimate of drug-likeness (QED) is 0.881. The number of rotatable bonds is 4. The van der Waals surface area contributed by atoms with Crippen molar-refractivity contribution in [1.29, 1.82) is 0 Å². The van der Waals surface area contributed by atoms with E-state index in [0.29, 0.717) is 17.0 Å². The van der Waals surface area contributed by atoms with Gasteiger partial charge in [0.15, 0.2) is 5.78 Å². The summed E-state index contributed by atoms with van der Waals surface area (Å²) in [4.78, 5) is 24.2. The molecule has 2 aromatic rings. The lowest BCUT2D eigenvalue weighted by Crippen LogP contribution is -2.37. The van der Waals surface area contributed by atoms with Gasteiger partial charge < -0.3 is 10.1 Å². The van der Waals surface area contributed by atoms with E-state index in [1.165, 1.54) is 18.3 Å². The molecule has 0 saturated heterocycles. The van der Waals surface area contributed by atoms with Crippen molar-refractivity contribution < 1.29 is 14.3 Å². The maximum absolute atomic E-state index is 12.3. The molecule has 0 spiro atoms. The number of hydrogen-bond acceptors (Lipinski definition) is 4. The molecule has 1 aromatic carbocycles. The van der Waals surface area contributed by atoms with Gasteiger partial charge in [0, 0.05) is 28.5 Å². The Balaban J connectivity index is 1.70. The Morgan fingerprint density at radius 3 is 2.86 bits per heavy atom. The lowest BCUT2D eigenvalue weighted by Gasteiger charge is -2.19. The number of nitrogens with one attached hydrogen (secondary N) is 1. The fraction of sp³-hybridized carbons (Fsp3) is 0.294. The van der Waals surface area contributed by atoms with Crippen LogP contribution in [0.4, 0.5) is 0 Å². The molecular weight excluding hydrogens is 298 g/mol. The minimum atomic E-state index is -0.144. The lowest BCUT2D eigenvalue weighted by atomic mass is 9.94. The molecular formula is C17H17NO3S. The summed E-state index contributed by atoms with van der Waals surface area (Å²) in [6, 6.07) is 9.51. The number of carbonyl (C=O) groups excluding carboxylic acids is 2. The maximum atomic E-state index is 12.3. The van der Waals surface area contributed by atoms with E-state index in [0.717, 1.165) is 11.3 Å². The average Bonchev–Trinajstić information content (AvgIpc) is 3.14. The molecule has 22 heavy (non-hydrogen) atoms. The van der Waals surface area contributed by atoms with Gasteiger partial charge >= 0.3 is 0 Å². The van der Waals surface area contributed by atoms with E-state index in [4.69, 9.17) is 4.74 Å². The first kappa shape index (κ1) is 14.8. The number of ketones is 1. The largest absolute Gasteiger partial charge is 0.493 e. The van der Waals surface area contributed by atoms with Crippen LogP contribution in [0.1, 0.15) is 45.4 Å². The predicted octanol–water partition coefficient (Wildman–Crippen LogP) is 3.25. The fourth-order valence-corrected chi connectivity index (χ4v) is 3.47. The number of para-hydroxylation sites is 1. The number of ether oxygens (including phenoxy) is 1. The van der Waals surface area contributed by atoms with Gasteiger partial charge in [-0.25, -0.2) is 0 Å². The number of fused-ring (bicyclic) bond motifs is 1. The van der Waals surface area contributed by atoms with Gasteiger partial charge in [-0.05, 0) is 26.0 Å². The predicted molar refractivity (Wildman–Crippen MR) is 85.9 cm³/mol. The Kier molecular flexibility index (Phi) is 3.98. The second kappa shape index (κ2) is 5.93. The van der Waals surface area contributed by atoms with Crippen molar-refractivity contribution >= 4 is 23.0 Å². The van der Waals surface area contributed by atoms with Crippen LogP contribution in [-0.4, -0.2) is 24.3 Å². The monoisotopic (exact) mass is 315 g/mol. The van der Waals surface area contributed by atoms with Crippen LogP contribution < -0.4 is 10.1 Å². The zero-order chi connectivity index (χ0) is 15.7. The molecule has 2 atom stereocenters. The van der Waals surface area contributed by atoms with E-state index in [1.807, 2.05) is 31.2 Å². The van der Waals surface area contributed by atoms with Gasteiger partial charge in [-0.3, -0.25) is 9.59 Å². The highest BCUT2D eigenvalue weighted by atomic mass is 32.1. The Hall–Kier alpha value is -2.14. The summed E-state index contributed by atoms with van der Waals surface area (Å²) in [5.74, 6) is 0.867. The molecule has 4 nitrogen and oxygen atoms in total. The molecule has 0 saturated carbocycles. The van der Waals surface area contributed by atoms with Crippen molar-refractivity contribution in [1.82, 2.24) is 5.32 Å². The Labute approximate surface area is 133 Å². The van der Waals surface area contributed by atoms with Gasteiger partial charge in [-0.15, -0.1) is 11.3 Å². The molecule has 1 aliphatic rings. The third-order valence-electron chi connectivity index (χ3n) is 3.93. The number of hydrogen-bond donors (Lipinski definition) is 1. The molecule has 114 valence electrons. The van der Waals surface area contributed by atoms with Crippen molar-refractivity contribution in [3.63, 3.8) is 0 Å². The zero-order valence-corrected chi connectivity index (χ0v) is 13.3. The van der Waals surface area contributed by atoms with Crippen LogP contribution in [-0.2, 0) is 0 Å².